The van der Waals surface area contributed by atoms with Crippen LogP contribution in [0.4, 0.5) is 30.1 Å². The van der Waals surface area contributed by atoms with E-state index in [9.17, 15) is 23.7 Å². The van der Waals surface area contributed by atoms with Gasteiger partial charge in [0.25, 0.3) is 5.69 Å². The number of amides is 2. The summed E-state index contributed by atoms with van der Waals surface area (Å²) in [5, 5.41) is 16.1. The van der Waals surface area contributed by atoms with Crippen molar-refractivity contribution in [2.75, 3.05) is 10.6 Å². The minimum Gasteiger partial charge on any atom is -0.305 e. The highest BCUT2D eigenvalue weighted by Crippen LogP contribution is 2.39. The molecule has 0 radical (unpaired) electrons. The van der Waals surface area contributed by atoms with E-state index in [-0.39, 0.29) is 16.5 Å². The Morgan fingerprint density at radius 3 is 2.27 bits per heavy atom. The van der Waals surface area contributed by atoms with Gasteiger partial charge in [0, 0.05) is 23.8 Å². The molecule has 3 aromatic carbocycles. The average Bonchev–Trinajstić information content (AvgIpc) is 3.20. The second-order valence-corrected chi connectivity index (χ2v) is 8.07. The van der Waals surface area contributed by atoms with Crippen molar-refractivity contribution in [3.8, 4) is 21.7 Å². The van der Waals surface area contributed by atoms with E-state index in [1.807, 2.05) is 31.2 Å². The average molecular weight is 466 g/mol. The first-order chi connectivity index (χ1) is 15.8. The second kappa shape index (κ2) is 9.13. The van der Waals surface area contributed by atoms with Gasteiger partial charge < -0.3 is 5.32 Å². The SMILES string of the molecule is Cc1ccc(-c2nc(NC(=O)Nc3ccc(F)cc3F)sc2-c2ccc([N+](=O)[O-])cc2)cc1. The minimum absolute atomic E-state index is 0.0424. The van der Waals surface area contributed by atoms with Gasteiger partial charge in [-0.2, -0.15) is 0 Å². The fourth-order valence-corrected chi connectivity index (χ4v) is 4.04. The van der Waals surface area contributed by atoms with Crippen molar-refractivity contribution in [1.29, 1.82) is 0 Å². The predicted octanol–water partition coefficient (Wildman–Crippen LogP) is 6.62. The third kappa shape index (κ3) is 5.01. The molecule has 2 amide bonds. The number of thiazole rings is 1. The van der Waals surface area contributed by atoms with E-state index in [1.54, 1.807) is 12.1 Å². The number of carbonyl (C=O) groups excluding carboxylic acids is 1. The zero-order valence-electron chi connectivity index (χ0n) is 17.1. The summed E-state index contributed by atoms with van der Waals surface area (Å²) in [7, 11) is 0. The van der Waals surface area contributed by atoms with Crippen molar-refractivity contribution in [3.05, 3.63) is 94.0 Å². The highest BCUT2D eigenvalue weighted by Gasteiger charge is 2.18. The molecule has 0 saturated heterocycles. The fourth-order valence-electron chi connectivity index (χ4n) is 3.05. The van der Waals surface area contributed by atoms with Crippen LogP contribution in [-0.2, 0) is 0 Å². The van der Waals surface area contributed by atoms with Crippen LogP contribution >= 0.6 is 11.3 Å². The normalized spacial score (nSPS) is 10.6. The number of nitro groups is 1. The van der Waals surface area contributed by atoms with Gasteiger partial charge in [-0.1, -0.05) is 41.2 Å². The predicted molar refractivity (Wildman–Crippen MR) is 123 cm³/mol. The molecule has 0 aliphatic rings. The van der Waals surface area contributed by atoms with E-state index in [1.165, 1.54) is 12.1 Å². The summed E-state index contributed by atoms with van der Waals surface area (Å²) in [4.78, 5) is 28.1. The first kappa shape index (κ1) is 22.0. The number of nitrogens with one attached hydrogen (secondary N) is 2. The van der Waals surface area contributed by atoms with Gasteiger partial charge in [-0.25, -0.2) is 18.6 Å². The molecule has 4 rings (SSSR count). The van der Waals surface area contributed by atoms with Crippen molar-refractivity contribution in [2.24, 2.45) is 0 Å². The molecule has 0 saturated carbocycles. The number of halogens is 2. The lowest BCUT2D eigenvalue weighted by molar-refractivity contribution is -0.384. The maximum Gasteiger partial charge on any atom is 0.325 e. The Hall–Kier alpha value is -4.18. The van der Waals surface area contributed by atoms with Gasteiger partial charge in [-0.3, -0.25) is 15.4 Å². The number of aromatic nitrogens is 1. The summed E-state index contributed by atoms with van der Waals surface area (Å²) < 4.78 is 26.9. The van der Waals surface area contributed by atoms with Crippen LogP contribution in [0, 0.1) is 28.7 Å². The molecule has 10 heteroatoms. The molecule has 7 nitrogen and oxygen atoms in total. The summed E-state index contributed by atoms with van der Waals surface area (Å²) in [5.41, 5.74) is 2.90. The molecule has 0 fully saturated rings. The molecule has 0 atom stereocenters. The molecule has 0 unspecified atom stereocenters. The molecule has 0 aliphatic heterocycles. The number of carbonyl (C=O) groups is 1. The Bertz CT molecular complexity index is 1340. The first-order valence-corrected chi connectivity index (χ1v) is 10.5. The van der Waals surface area contributed by atoms with Crippen LogP contribution in [0.3, 0.4) is 0 Å². The van der Waals surface area contributed by atoms with Crippen molar-refractivity contribution in [3.63, 3.8) is 0 Å². The number of rotatable bonds is 5. The fraction of sp³-hybridized carbons (Fsp3) is 0.0435. The van der Waals surface area contributed by atoms with Crippen LogP contribution < -0.4 is 10.6 Å². The molecule has 33 heavy (non-hydrogen) atoms. The van der Waals surface area contributed by atoms with Crippen LogP contribution in [0.1, 0.15) is 5.56 Å². The number of hydrogen-bond donors (Lipinski definition) is 2. The molecule has 2 N–H and O–H groups in total. The number of nitrogens with zero attached hydrogens (tertiary/aromatic N) is 2. The summed E-state index contributed by atoms with van der Waals surface area (Å²) in [6.45, 7) is 1.95. The van der Waals surface area contributed by atoms with Gasteiger partial charge in [0.1, 0.15) is 11.6 Å². The molecular formula is C23H16F2N4O3S. The number of nitro benzene ring substituents is 1. The van der Waals surface area contributed by atoms with Gasteiger partial charge >= 0.3 is 6.03 Å². The van der Waals surface area contributed by atoms with Crippen LogP contribution in [0.25, 0.3) is 21.7 Å². The lowest BCUT2D eigenvalue weighted by Crippen LogP contribution is -2.20. The topological polar surface area (TPSA) is 97.2 Å². The maximum absolute atomic E-state index is 13.8. The van der Waals surface area contributed by atoms with Crippen LogP contribution in [0.15, 0.2) is 66.7 Å². The van der Waals surface area contributed by atoms with Crippen molar-refractivity contribution in [2.45, 2.75) is 6.92 Å². The molecule has 1 heterocycles. The van der Waals surface area contributed by atoms with E-state index in [0.29, 0.717) is 22.2 Å². The van der Waals surface area contributed by atoms with E-state index in [0.717, 1.165) is 34.6 Å². The number of hydrogen-bond acceptors (Lipinski definition) is 5. The summed E-state index contributed by atoms with van der Waals surface area (Å²) >= 11 is 1.16. The Morgan fingerprint density at radius 1 is 0.970 bits per heavy atom. The zero-order chi connectivity index (χ0) is 23.5. The lowest BCUT2D eigenvalue weighted by atomic mass is 10.1. The number of urea groups is 1. The summed E-state index contributed by atoms with van der Waals surface area (Å²) in [6.07, 6.45) is 0. The quantitative estimate of drug-likeness (QED) is 0.255. The molecular weight excluding hydrogens is 450 g/mol. The number of aryl methyl sites for hydroxylation is 1. The van der Waals surface area contributed by atoms with Gasteiger partial charge in [0.2, 0.25) is 0 Å². The third-order valence-electron chi connectivity index (χ3n) is 4.69. The van der Waals surface area contributed by atoms with E-state index in [2.05, 4.69) is 15.6 Å². The van der Waals surface area contributed by atoms with E-state index < -0.39 is 22.6 Å². The molecule has 0 spiro atoms. The summed E-state index contributed by atoms with van der Waals surface area (Å²) in [6, 6.07) is 15.7. The molecule has 4 aromatic rings. The maximum atomic E-state index is 13.8. The highest BCUT2D eigenvalue weighted by molar-refractivity contribution is 7.19. The van der Waals surface area contributed by atoms with Crippen molar-refractivity contribution < 1.29 is 18.5 Å². The number of benzene rings is 3. The third-order valence-corrected chi connectivity index (χ3v) is 5.71. The Kier molecular flexibility index (Phi) is 6.09. The Labute approximate surface area is 190 Å². The molecule has 166 valence electrons. The molecule has 0 bridgehead atoms. The minimum atomic E-state index is -0.906. The van der Waals surface area contributed by atoms with Crippen LogP contribution in [0.5, 0.6) is 0 Å². The smallest absolute Gasteiger partial charge is 0.305 e. The number of anilines is 2. The van der Waals surface area contributed by atoms with Crippen molar-refractivity contribution >= 4 is 33.9 Å². The number of non-ortho nitro benzene ring substituents is 1. The van der Waals surface area contributed by atoms with Gasteiger partial charge in [-0.15, -0.1) is 0 Å². The first-order valence-electron chi connectivity index (χ1n) is 9.66. The molecule has 0 aliphatic carbocycles. The lowest BCUT2D eigenvalue weighted by Gasteiger charge is -2.06. The van der Waals surface area contributed by atoms with E-state index >= 15 is 0 Å². The Morgan fingerprint density at radius 2 is 1.64 bits per heavy atom. The van der Waals surface area contributed by atoms with Gasteiger partial charge in [-0.05, 0) is 36.8 Å². The van der Waals surface area contributed by atoms with Crippen LogP contribution in [0.2, 0.25) is 0 Å². The monoisotopic (exact) mass is 466 g/mol. The summed E-state index contributed by atoms with van der Waals surface area (Å²) in [5.74, 6) is -1.66. The Balaban J connectivity index is 1.66. The second-order valence-electron chi connectivity index (χ2n) is 7.07. The van der Waals surface area contributed by atoms with E-state index in [4.69, 9.17) is 0 Å². The van der Waals surface area contributed by atoms with Crippen molar-refractivity contribution in [1.82, 2.24) is 4.98 Å². The van der Waals surface area contributed by atoms with Crippen LogP contribution in [-0.4, -0.2) is 15.9 Å². The van der Waals surface area contributed by atoms with Gasteiger partial charge in [0.05, 0.1) is 21.2 Å². The standard InChI is InChI=1S/C23H16F2N4O3S/c1-13-2-4-14(5-3-13)20-21(15-6-9-17(10-7-15)29(31)32)33-23(27-20)28-22(30)26-19-11-8-16(24)12-18(19)25/h2-12H,1H3,(H2,26,27,28,30). The largest absolute Gasteiger partial charge is 0.325 e. The van der Waals surface area contributed by atoms with Gasteiger partial charge in [0.15, 0.2) is 5.13 Å². The zero-order valence-corrected chi connectivity index (χ0v) is 18.0. The molecule has 1 aromatic heterocycles. The highest BCUT2D eigenvalue weighted by atomic mass is 32.1.